The molecule has 1 aliphatic heterocycles. The topological polar surface area (TPSA) is 9.72 Å². The Hall–Kier alpha value is -8.67. The highest BCUT2D eigenvalue weighted by atomic mass is 35.5. The Morgan fingerprint density at radius 2 is 0.696 bits per heavy atom. The fourth-order valence-corrected chi connectivity index (χ4v) is 13.0. The van der Waals surface area contributed by atoms with Crippen molar-refractivity contribution in [1.82, 2.24) is 0 Å². The van der Waals surface area contributed by atoms with Crippen molar-refractivity contribution in [3.63, 3.8) is 0 Å². The number of nitrogens with zero attached hydrogens (tertiary/aromatic N) is 3. The lowest BCUT2D eigenvalue weighted by Crippen LogP contribution is -2.37. The molecule has 11 aromatic rings. The van der Waals surface area contributed by atoms with Gasteiger partial charge in [-0.25, -0.2) is 0 Å². The molecule has 0 aliphatic carbocycles. The van der Waals surface area contributed by atoms with E-state index in [9.17, 15) is 0 Å². The molecule has 0 saturated carbocycles. The van der Waals surface area contributed by atoms with Gasteiger partial charge in [0.2, 0.25) is 0 Å². The number of aryl methyl sites for hydroxylation is 4. The number of hydrogen-bond donors (Lipinski definition) is 0. The molecule has 0 unspecified atom stereocenters. The summed E-state index contributed by atoms with van der Waals surface area (Å²) in [4.78, 5) is 7.19. The van der Waals surface area contributed by atoms with Gasteiger partial charge in [-0.2, -0.15) is 0 Å². The monoisotopic (exact) mass is 1060 g/mol. The highest BCUT2D eigenvalue weighted by molar-refractivity contribution is 6.88. The predicted molar refractivity (Wildman–Crippen MR) is 340 cm³/mol. The van der Waals surface area contributed by atoms with Crippen LogP contribution in [-0.2, 0) is 5.41 Å². The molecule has 1 aliphatic rings. The number of rotatable bonds is 10. The third-order valence-electron chi connectivity index (χ3n) is 15.8. The van der Waals surface area contributed by atoms with Crippen molar-refractivity contribution in [3.8, 4) is 22.3 Å². The summed E-state index contributed by atoms with van der Waals surface area (Å²) in [7, 11) is -1.63. The SMILES string of the molecule is Cc1ccc(N2c3cc(-c4ccccc4)cc(c3)C(c3ccc(C)cc3)(c3ccc(C)cc3)c3cc(-c4ccccc4)cc(c3)N(c3ccc(C)cc3)c3cc(N(c4ccccc4)c4ccc([Si](C)(C)C)cc4)cc2c3Cl)cc1. The Morgan fingerprint density at radius 1 is 0.329 bits per heavy atom. The van der Waals surface area contributed by atoms with Gasteiger partial charge >= 0.3 is 0 Å². The van der Waals surface area contributed by atoms with Crippen molar-refractivity contribution in [3.05, 3.63) is 310 Å². The molecular weight excluding hydrogens is 994 g/mol. The van der Waals surface area contributed by atoms with Gasteiger partial charge in [-0.05, 0) is 169 Å². The first kappa shape index (κ1) is 51.1. The van der Waals surface area contributed by atoms with Gasteiger partial charge in [0.1, 0.15) is 0 Å². The second-order valence-electron chi connectivity index (χ2n) is 22.4. The van der Waals surface area contributed by atoms with Gasteiger partial charge in [0.05, 0.1) is 35.6 Å². The van der Waals surface area contributed by atoms with E-state index in [0.717, 1.165) is 95.7 Å². The number of fused-ring (bicyclic) bond motifs is 6. The fraction of sp³-hybridized carbons (Fsp3) is 0.108. The first-order valence-corrected chi connectivity index (χ1v) is 31.3. The van der Waals surface area contributed by atoms with Crippen LogP contribution < -0.4 is 19.9 Å². The third-order valence-corrected chi connectivity index (χ3v) is 18.2. The van der Waals surface area contributed by atoms with Crippen LogP contribution in [0.2, 0.25) is 24.7 Å². The summed E-state index contributed by atoms with van der Waals surface area (Å²) >= 11 is 8.45. The summed E-state index contributed by atoms with van der Waals surface area (Å²) in [6, 6.07) is 97.0. The quantitative estimate of drug-likeness (QED) is 0.126. The molecule has 386 valence electrons. The molecule has 0 saturated heterocycles. The summed E-state index contributed by atoms with van der Waals surface area (Å²) in [5, 5.41) is 2.01. The second kappa shape index (κ2) is 20.9. The van der Waals surface area contributed by atoms with Crippen LogP contribution in [0.15, 0.2) is 261 Å². The average molecular weight is 1060 g/mol. The Kier molecular flexibility index (Phi) is 13.5. The first-order valence-electron chi connectivity index (χ1n) is 27.4. The van der Waals surface area contributed by atoms with E-state index in [0.29, 0.717) is 5.02 Å². The minimum atomic E-state index is -1.63. The van der Waals surface area contributed by atoms with Gasteiger partial charge in [-0.3, -0.25) is 0 Å². The minimum Gasteiger partial charge on any atom is -0.310 e. The second-order valence-corrected chi connectivity index (χ2v) is 27.8. The van der Waals surface area contributed by atoms with E-state index < -0.39 is 13.5 Å². The van der Waals surface area contributed by atoms with Crippen molar-refractivity contribution in [2.24, 2.45) is 0 Å². The molecule has 0 aromatic heterocycles. The summed E-state index contributed by atoms with van der Waals surface area (Å²) in [6.45, 7) is 15.9. The first-order chi connectivity index (χ1) is 38.3. The highest BCUT2D eigenvalue weighted by Gasteiger charge is 2.41. The summed E-state index contributed by atoms with van der Waals surface area (Å²) in [5.74, 6) is 0. The van der Waals surface area contributed by atoms with E-state index in [2.05, 4.69) is 323 Å². The van der Waals surface area contributed by atoms with Crippen LogP contribution in [0.1, 0.15) is 44.5 Å². The van der Waals surface area contributed by atoms with Gasteiger partial charge in [0.25, 0.3) is 0 Å². The van der Waals surface area contributed by atoms with Crippen LogP contribution >= 0.6 is 11.6 Å². The lowest BCUT2D eigenvalue weighted by Gasteiger charge is -2.40. The van der Waals surface area contributed by atoms with Gasteiger partial charge < -0.3 is 14.7 Å². The zero-order valence-corrected chi connectivity index (χ0v) is 47.8. The highest BCUT2D eigenvalue weighted by Crippen LogP contribution is 2.55. The molecule has 0 fully saturated rings. The Labute approximate surface area is 473 Å². The predicted octanol–water partition coefficient (Wildman–Crippen LogP) is 20.6. The van der Waals surface area contributed by atoms with E-state index in [4.69, 9.17) is 11.6 Å². The van der Waals surface area contributed by atoms with Crippen LogP contribution in [-0.4, -0.2) is 8.07 Å². The Morgan fingerprint density at radius 3 is 1.09 bits per heavy atom. The zero-order chi connectivity index (χ0) is 54.4. The molecule has 0 amide bonds. The van der Waals surface area contributed by atoms with Gasteiger partial charge in [-0.1, -0.05) is 222 Å². The lowest BCUT2D eigenvalue weighted by molar-refractivity contribution is 0.745. The van der Waals surface area contributed by atoms with Crippen molar-refractivity contribution < 1.29 is 0 Å². The Balaban J connectivity index is 1.30. The number of halogens is 1. The van der Waals surface area contributed by atoms with E-state index in [1.165, 1.54) is 27.4 Å². The number of benzene rings is 11. The van der Waals surface area contributed by atoms with E-state index >= 15 is 0 Å². The van der Waals surface area contributed by atoms with Crippen molar-refractivity contribution >= 4 is 76.0 Å². The van der Waals surface area contributed by atoms with Crippen LogP contribution in [0.4, 0.5) is 51.2 Å². The van der Waals surface area contributed by atoms with Crippen LogP contribution in [0.3, 0.4) is 0 Å². The fourth-order valence-electron chi connectivity index (χ4n) is 11.5. The molecule has 0 N–H and O–H groups in total. The van der Waals surface area contributed by atoms with Crippen molar-refractivity contribution in [1.29, 1.82) is 0 Å². The largest absolute Gasteiger partial charge is 0.310 e. The summed E-state index contributed by atoms with van der Waals surface area (Å²) < 4.78 is 0. The molecule has 0 atom stereocenters. The molecule has 12 rings (SSSR count). The molecule has 5 heteroatoms. The molecular formula is C74H64ClN3Si. The van der Waals surface area contributed by atoms with E-state index in [1.54, 1.807) is 0 Å². The van der Waals surface area contributed by atoms with E-state index in [1.807, 2.05) is 0 Å². The normalized spacial score (nSPS) is 12.9. The average Bonchev–Trinajstić information content (AvgIpc) is 3.66. The molecule has 3 nitrogen and oxygen atoms in total. The van der Waals surface area contributed by atoms with Gasteiger partial charge in [0.15, 0.2) is 0 Å². The maximum Gasteiger partial charge on any atom is 0.0888 e. The molecule has 0 spiro atoms. The zero-order valence-electron chi connectivity index (χ0n) is 46.0. The standard InChI is InChI=1S/C74H64ClN3Si/c1-51-23-31-59(32-24-51)74(60-33-25-52(2)26-34-60)61-43-57(55-17-11-8-12-18-55)45-67(47-61)77(65-35-27-53(3)28-36-65)71-49-69(76(63-21-15-10-16-22-63)64-39-41-70(42-40-64)79(5,6)7)50-72(73(71)75)78(66-37-29-54(4)30-38-66)68-46-58(44-62(74)48-68)56-19-13-9-14-20-56/h8-50H,1-7H3. The molecule has 11 aromatic carbocycles. The molecule has 0 radical (unpaired) electrons. The number of para-hydroxylation sites is 1. The van der Waals surface area contributed by atoms with Crippen LogP contribution in [0.5, 0.6) is 0 Å². The molecule has 1 heterocycles. The smallest absolute Gasteiger partial charge is 0.0888 e. The van der Waals surface area contributed by atoms with E-state index in [-0.39, 0.29) is 0 Å². The number of anilines is 9. The molecule has 79 heavy (non-hydrogen) atoms. The summed E-state index contributed by atoms with van der Waals surface area (Å²) in [6.07, 6.45) is 0. The maximum absolute atomic E-state index is 8.45. The van der Waals surface area contributed by atoms with Crippen LogP contribution in [0, 0.1) is 27.7 Å². The Bertz CT molecular complexity index is 3740. The van der Waals surface area contributed by atoms with Crippen molar-refractivity contribution in [2.75, 3.05) is 14.7 Å². The van der Waals surface area contributed by atoms with Crippen LogP contribution in [0.25, 0.3) is 22.3 Å². The number of hydrogen-bond acceptors (Lipinski definition) is 3. The minimum absolute atomic E-state index is 0.606. The lowest BCUT2D eigenvalue weighted by atomic mass is 9.64. The molecule has 6 bridgehead atoms. The van der Waals surface area contributed by atoms with Gasteiger partial charge in [-0.15, -0.1) is 0 Å². The van der Waals surface area contributed by atoms with Gasteiger partial charge in [0, 0.05) is 34.1 Å². The summed E-state index contributed by atoms with van der Waals surface area (Å²) in [5.41, 5.74) is 21.5. The third kappa shape index (κ3) is 9.77. The van der Waals surface area contributed by atoms with Crippen molar-refractivity contribution in [2.45, 2.75) is 52.8 Å². The maximum atomic E-state index is 8.45.